The summed E-state index contributed by atoms with van der Waals surface area (Å²) in [6.45, 7) is 0.882. The number of ether oxygens (including phenoxy) is 3. The molecule has 0 saturated carbocycles. The molecule has 2 rings (SSSR count). The van der Waals surface area contributed by atoms with Crippen LogP contribution >= 0.6 is 0 Å². The molecule has 0 saturated heterocycles. The van der Waals surface area contributed by atoms with Gasteiger partial charge in [0.1, 0.15) is 25.6 Å². The van der Waals surface area contributed by atoms with Gasteiger partial charge in [0.15, 0.2) is 0 Å². The maximum absolute atomic E-state index is 11.4. The Morgan fingerprint density at radius 3 is 2.24 bits per heavy atom. The molecule has 0 atom stereocenters. The Morgan fingerprint density at radius 1 is 0.857 bits per heavy atom. The second kappa shape index (κ2) is 8.76. The van der Waals surface area contributed by atoms with E-state index in [4.69, 9.17) is 14.2 Å². The molecule has 0 heterocycles. The molecular formula is C17H18O4. The molecule has 4 heteroatoms. The lowest BCUT2D eigenvalue weighted by Crippen LogP contribution is -2.16. The summed E-state index contributed by atoms with van der Waals surface area (Å²) in [5.74, 6) is 0.372. The van der Waals surface area contributed by atoms with E-state index in [1.807, 2.05) is 60.7 Å². The van der Waals surface area contributed by atoms with Gasteiger partial charge in [-0.1, -0.05) is 48.5 Å². The van der Waals surface area contributed by atoms with Crippen LogP contribution in [0, 0.1) is 0 Å². The van der Waals surface area contributed by atoms with E-state index in [-0.39, 0.29) is 19.2 Å². The van der Waals surface area contributed by atoms with E-state index < -0.39 is 0 Å². The molecule has 4 nitrogen and oxygen atoms in total. The second-order valence-electron chi connectivity index (χ2n) is 4.36. The number of hydrogen-bond donors (Lipinski definition) is 0. The van der Waals surface area contributed by atoms with E-state index in [1.165, 1.54) is 0 Å². The minimum Gasteiger partial charge on any atom is -0.490 e. The third-order valence-electron chi connectivity index (χ3n) is 2.69. The summed E-state index contributed by atoms with van der Waals surface area (Å²) in [7, 11) is 0. The van der Waals surface area contributed by atoms with E-state index >= 15 is 0 Å². The van der Waals surface area contributed by atoms with Gasteiger partial charge in [0, 0.05) is 0 Å². The van der Waals surface area contributed by atoms with Crippen molar-refractivity contribution >= 4 is 5.97 Å². The molecule has 2 aromatic carbocycles. The first kappa shape index (κ1) is 15.1. The first-order chi connectivity index (χ1) is 10.3. The maximum atomic E-state index is 11.4. The maximum Gasteiger partial charge on any atom is 0.332 e. The van der Waals surface area contributed by atoms with Crippen LogP contribution in [0.5, 0.6) is 5.75 Å². The normalized spacial score (nSPS) is 10.1. The average Bonchev–Trinajstić information content (AvgIpc) is 2.54. The summed E-state index contributed by atoms with van der Waals surface area (Å²) >= 11 is 0. The lowest BCUT2D eigenvalue weighted by molar-refractivity contribution is -0.150. The molecule has 0 aliphatic heterocycles. The van der Waals surface area contributed by atoms with Crippen molar-refractivity contribution in [3.8, 4) is 5.75 Å². The minimum atomic E-state index is -0.386. The highest BCUT2D eigenvalue weighted by Crippen LogP contribution is 2.07. The summed E-state index contributed by atoms with van der Waals surface area (Å²) in [6, 6.07) is 19.1. The number of para-hydroxylation sites is 1. The van der Waals surface area contributed by atoms with Crippen LogP contribution in [0.3, 0.4) is 0 Å². The molecule has 0 aliphatic carbocycles. The van der Waals surface area contributed by atoms with Crippen molar-refractivity contribution in [1.82, 2.24) is 0 Å². The molecule has 0 aromatic heterocycles. The smallest absolute Gasteiger partial charge is 0.332 e. The summed E-state index contributed by atoms with van der Waals surface area (Å²) in [5, 5.41) is 0. The van der Waals surface area contributed by atoms with Gasteiger partial charge < -0.3 is 14.2 Å². The minimum absolute atomic E-state index is 0.0553. The molecule has 0 N–H and O–H groups in total. The van der Waals surface area contributed by atoms with Crippen LogP contribution in [0.25, 0.3) is 0 Å². The topological polar surface area (TPSA) is 44.8 Å². The zero-order chi connectivity index (χ0) is 14.8. The molecular weight excluding hydrogens is 268 g/mol. The standard InChI is InChI=1S/C17H18O4/c18-17(14-19-13-15-7-3-1-4-8-15)21-12-11-20-16-9-5-2-6-10-16/h1-10H,11-14H2. The fraction of sp³-hybridized carbons (Fsp3) is 0.235. The SMILES string of the molecule is O=C(COCc1ccccc1)OCCOc1ccccc1. The third-order valence-corrected chi connectivity index (χ3v) is 2.69. The summed E-state index contributed by atoms with van der Waals surface area (Å²) in [6.07, 6.45) is 0. The van der Waals surface area contributed by atoms with Crippen molar-refractivity contribution in [3.05, 3.63) is 66.2 Å². The van der Waals surface area contributed by atoms with Gasteiger partial charge in [-0.15, -0.1) is 0 Å². The molecule has 0 amide bonds. The summed E-state index contributed by atoms with van der Waals surface area (Å²) in [5.41, 5.74) is 1.03. The summed E-state index contributed by atoms with van der Waals surface area (Å²) < 4.78 is 15.7. The van der Waals surface area contributed by atoms with E-state index in [2.05, 4.69) is 0 Å². The highest BCUT2D eigenvalue weighted by molar-refractivity contribution is 5.70. The number of rotatable bonds is 8. The molecule has 21 heavy (non-hydrogen) atoms. The van der Waals surface area contributed by atoms with Gasteiger partial charge in [0.2, 0.25) is 0 Å². The Bertz CT molecular complexity index is 525. The molecule has 0 radical (unpaired) electrons. The van der Waals surface area contributed by atoms with Crippen LogP contribution in [0.15, 0.2) is 60.7 Å². The van der Waals surface area contributed by atoms with Gasteiger partial charge in [-0.3, -0.25) is 0 Å². The third kappa shape index (κ3) is 6.10. The first-order valence-corrected chi connectivity index (χ1v) is 6.80. The average molecular weight is 286 g/mol. The lowest BCUT2D eigenvalue weighted by atomic mass is 10.2. The van der Waals surface area contributed by atoms with Crippen LogP contribution in [0.4, 0.5) is 0 Å². The Labute approximate surface area is 124 Å². The van der Waals surface area contributed by atoms with Gasteiger partial charge in [-0.2, -0.15) is 0 Å². The van der Waals surface area contributed by atoms with Crippen molar-refractivity contribution in [2.24, 2.45) is 0 Å². The van der Waals surface area contributed by atoms with Gasteiger partial charge in [0.05, 0.1) is 6.61 Å². The first-order valence-electron chi connectivity index (χ1n) is 6.80. The number of carbonyl (C=O) groups is 1. The van der Waals surface area contributed by atoms with E-state index in [9.17, 15) is 4.79 Å². The molecule has 0 aliphatic rings. The number of carbonyl (C=O) groups excluding carboxylic acids is 1. The molecule has 0 unspecified atom stereocenters. The van der Waals surface area contributed by atoms with Gasteiger partial charge in [-0.05, 0) is 17.7 Å². The number of benzene rings is 2. The Kier molecular flexibility index (Phi) is 6.29. The molecule has 0 bridgehead atoms. The van der Waals surface area contributed by atoms with Crippen LogP contribution in [-0.4, -0.2) is 25.8 Å². The molecule has 2 aromatic rings. The zero-order valence-electron chi connectivity index (χ0n) is 11.7. The Hall–Kier alpha value is -2.33. The molecule has 110 valence electrons. The summed E-state index contributed by atoms with van der Waals surface area (Å²) in [4.78, 5) is 11.4. The quantitative estimate of drug-likeness (QED) is 0.553. The van der Waals surface area contributed by atoms with E-state index in [0.717, 1.165) is 11.3 Å². The fourth-order valence-corrected chi connectivity index (χ4v) is 1.70. The van der Waals surface area contributed by atoms with Gasteiger partial charge >= 0.3 is 5.97 Å². The predicted octanol–water partition coefficient (Wildman–Crippen LogP) is 2.83. The highest BCUT2D eigenvalue weighted by atomic mass is 16.6. The van der Waals surface area contributed by atoms with Crippen molar-refractivity contribution in [3.63, 3.8) is 0 Å². The van der Waals surface area contributed by atoms with Crippen LogP contribution in [0.2, 0.25) is 0 Å². The number of hydrogen-bond acceptors (Lipinski definition) is 4. The van der Waals surface area contributed by atoms with Crippen LogP contribution in [0.1, 0.15) is 5.56 Å². The van der Waals surface area contributed by atoms with Crippen molar-refractivity contribution < 1.29 is 19.0 Å². The second-order valence-corrected chi connectivity index (χ2v) is 4.36. The largest absolute Gasteiger partial charge is 0.490 e. The predicted molar refractivity (Wildman–Crippen MR) is 79.0 cm³/mol. The van der Waals surface area contributed by atoms with Crippen molar-refractivity contribution in [1.29, 1.82) is 0 Å². The highest BCUT2D eigenvalue weighted by Gasteiger charge is 2.03. The monoisotopic (exact) mass is 286 g/mol. The lowest BCUT2D eigenvalue weighted by Gasteiger charge is -2.07. The van der Waals surface area contributed by atoms with Crippen molar-refractivity contribution in [2.45, 2.75) is 6.61 Å². The van der Waals surface area contributed by atoms with Crippen LogP contribution < -0.4 is 4.74 Å². The Balaban J connectivity index is 1.54. The fourth-order valence-electron chi connectivity index (χ4n) is 1.70. The Morgan fingerprint density at radius 2 is 1.52 bits per heavy atom. The van der Waals surface area contributed by atoms with Gasteiger partial charge in [-0.25, -0.2) is 4.79 Å². The van der Waals surface area contributed by atoms with Crippen molar-refractivity contribution in [2.75, 3.05) is 19.8 Å². The van der Waals surface area contributed by atoms with Crippen LogP contribution in [-0.2, 0) is 20.9 Å². The molecule has 0 fully saturated rings. The van der Waals surface area contributed by atoms with E-state index in [0.29, 0.717) is 13.2 Å². The zero-order valence-corrected chi connectivity index (χ0v) is 11.7. The van der Waals surface area contributed by atoms with E-state index in [1.54, 1.807) is 0 Å². The molecule has 0 spiro atoms. The number of esters is 1. The van der Waals surface area contributed by atoms with Gasteiger partial charge in [0.25, 0.3) is 0 Å².